The number of benzene rings is 1. The van der Waals surface area contributed by atoms with E-state index in [0.717, 1.165) is 31.4 Å². The lowest BCUT2D eigenvalue weighted by Crippen LogP contribution is -2.66. The number of anilines is 1. The van der Waals surface area contributed by atoms with E-state index in [1.807, 2.05) is 6.07 Å². The molecule has 5 heteroatoms. The molecule has 0 radical (unpaired) electrons. The van der Waals surface area contributed by atoms with Gasteiger partial charge in [0.1, 0.15) is 0 Å². The van der Waals surface area contributed by atoms with Crippen molar-refractivity contribution in [3.8, 4) is 0 Å². The van der Waals surface area contributed by atoms with Crippen LogP contribution in [0.4, 0.5) is 5.69 Å². The summed E-state index contributed by atoms with van der Waals surface area (Å²) in [5.74, 6) is -0.655. The highest BCUT2D eigenvalue weighted by atomic mass is 16.4. The van der Waals surface area contributed by atoms with Crippen molar-refractivity contribution in [2.24, 2.45) is 22.7 Å². The predicted octanol–water partition coefficient (Wildman–Crippen LogP) is 3.36. The lowest BCUT2D eigenvalue weighted by Gasteiger charge is -2.66. The number of aliphatic carboxylic acids is 1. The van der Waals surface area contributed by atoms with Crippen LogP contribution >= 0.6 is 0 Å². The van der Waals surface area contributed by atoms with Gasteiger partial charge in [0, 0.05) is 17.5 Å². The van der Waals surface area contributed by atoms with Gasteiger partial charge >= 0.3 is 5.97 Å². The summed E-state index contributed by atoms with van der Waals surface area (Å²) in [6.45, 7) is 3.93. The van der Waals surface area contributed by atoms with E-state index < -0.39 is 17.5 Å². The van der Waals surface area contributed by atoms with Crippen LogP contribution in [0.2, 0.25) is 0 Å². The lowest BCUT2D eigenvalue weighted by atomic mass is 9.38. The van der Waals surface area contributed by atoms with Gasteiger partial charge in [0.15, 0.2) is 5.78 Å². The minimum Gasteiger partial charge on any atom is -0.481 e. The summed E-state index contributed by atoms with van der Waals surface area (Å²) in [5, 5.41) is 24.2. The van der Waals surface area contributed by atoms with Crippen LogP contribution in [-0.2, 0) is 15.0 Å². The maximum absolute atomic E-state index is 13.0. The van der Waals surface area contributed by atoms with Crippen LogP contribution in [0, 0.1) is 22.7 Å². The van der Waals surface area contributed by atoms with Gasteiger partial charge < -0.3 is 15.5 Å². The third-order valence-corrected chi connectivity index (χ3v) is 9.13. The van der Waals surface area contributed by atoms with E-state index in [9.17, 15) is 19.8 Å². The Morgan fingerprint density at radius 1 is 1.14 bits per heavy atom. The van der Waals surface area contributed by atoms with Gasteiger partial charge in [-0.1, -0.05) is 25.1 Å². The normalized spacial score (nSPS) is 46.6. The van der Waals surface area contributed by atoms with Crippen molar-refractivity contribution in [1.29, 1.82) is 0 Å². The minimum atomic E-state index is -1.15. The quantitative estimate of drug-likeness (QED) is 0.692. The molecule has 1 heterocycles. The second-order valence-corrected chi connectivity index (χ2v) is 10.1. The number of ketones is 1. The van der Waals surface area contributed by atoms with Gasteiger partial charge in [-0.05, 0) is 67.9 Å². The van der Waals surface area contributed by atoms with E-state index >= 15 is 0 Å². The Bertz CT molecular complexity index is 868. The fraction of sp³-hybridized carbons (Fsp3) is 0.652. The van der Waals surface area contributed by atoms with Crippen LogP contribution in [0.1, 0.15) is 57.9 Å². The number of aliphatic hydroxyl groups excluding tert-OH is 1. The van der Waals surface area contributed by atoms with Crippen LogP contribution < -0.4 is 5.32 Å². The van der Waals surface area contributed by atoms with Gasteiger partial charge in [0.2, 0.25) is 0 Å². The molecule has 2 bridgehead atoms. The van der Waals surface area contributed by atoms with Gasteiger partial charge in [-0.15, -0.1) is 0 Å². The van der Waals surface area contributed by atoms with Crippen molar-refractivity contribution in [3.63, 3.8) is 0 Å². The fourth-order valence-corrected chi connectivity index (χ4v) is 7.67. The van der Waals surface area contributed by atoms with Gasteiger partial charge in [0.25, 0.3) is 0 Å². The molecule has 3 fully saturated rings. The molecule has 0 amide bonds. The van der Waals surface area contributed by atoms with Gasteiger partial charge in [0.05, 0.1) is 17.6 Å². The van der Waals surface area contributed by atoms with Crippen molar-refractivity contribution in [1.82, 2.24) is 0 Å². The first kappa shape index (κ1) is 18.2. The Morgan fingerprint density at radius 2 is 1.89 bits per heavy atom. The number of fused-ring (bicyclic) bond motifs is 4. The summed E-state index contributed by atoms with van der Waals surface area (Å²) >= 11 is 0. The molecule has 1 aromatic carbocycles. The molecule has 4 aliphatic rings. The molecule has 28 heavy (non-hydrogen) atoms. The van der Waals surface area contributed by atoms with Gasteiger partial charge in [-0.2, -0.15) is 0 Å². The largest absolute Gasteiger partial charge is 0.481 e. The molecule has 5 nitrogen and oxygen atoms in total. The average molecular weight is 383 g/mol. The highest BCUT2D eigenvalue weighted by molar-refractivity contribution is 5.90. The van der Waals surface area contributed by atoms with Crippen molar-refractivity contribution in [2.75, 3.05) is 5.32 Å². The fourth-order valence-electron chi connectivity index (χ4n) is 7.67. The minimum absolute atomic E-state index is 0.0760. The zero-order chi connectivity index (χ0) is 19.9. The van der Waals surface area contributed by atoms with Crippen molar-refractivity contribution in [2.45, 2.75) is 69.9 Å². The molecule has 150 valence electrons. The number of Topliss-reactive ketones (excluding diaryl/α,β-unsaturated/α-hetero) is 1. The molecular weight excluding hydrogens is 354 g/mol. The topological polar surface area (TPSA) is 86.6 Å². The summed E-state index contributed by atoms with van der Waals surface area (Å²) < 4.78 is 0. The third kappa shape index (κ3) is 2.01. The SMILES string of the molecule is C[C@@]1(C(=O)O)[C@H](O)CC[C@]2(C)C3CC(=O)[C@@H]4C[C@@]3(CC[C@H]12)c1ccccc1N4. The Hall–Kier alpha value is -1.88. The van der Waals surface area contributed by atoms with E-state index in [4.69, 9.17) is 0 Å². The maximum atomic E-state index is 13.0. The molecule has 3 N–H and O–H groups in total. The summed E-state index contributed by atoms with van der Waals surface area (Å²) in [4.78, 5) is 25.3. The van der Waals surface area contributed by atoms with Crippen LogP contribution in [0.5, 0.6) is 0 Å². The van der Waals surface area contributed by atoms with Crippen LogP contribution in [0.15, 0.2) is 24.3 Å². The van der Waals surface area contributed by atoms with E-state index in [-0.39, 0.29) is 34.5 Å². The summed E-state index contributed by atoms with van der Waals surface area (Å²) in [5.41, 5.74) is 0.867. The van der Waals surface area contributed by atoms with Crippen LogP contribution in [-0.4, -0.2) is 34.1 Å². The molecule has 7 atom stereocenters. The predicted molar refractivity (Wildman–Crippen MR) is 105 cm³/mol. The van der Waals surface area contributed by atoms with Crippen molar-refractivity contribution in [3.05, 3.63) is 29.8 Å². The summed E-state index contributed by atoms with van der Waals surface area (Å²) in [6, 6.07) is 8.21. The number of nitrogens with one attached hydrogen (secondary N) is 1. The highest BCUT2D eigenvalue weighted by Crippen LogP contribution is 2.69. The standard InChI is InChI=1S/C23H29NO4/c1-21-9-8-19(26)22(2,20(27)28)17(21)7-10-23-12-15(16(25)11-18(21)23)24-14-6-4-3-5-13(14)23/h3-6,15,17-19,24,26H,7-12H2,1-2H3,(H,27,28)/t15-,17-,18?,19+,21-,22-,23-/m0/s1. The number of para-hydroxylation sites is 1. The lowest BCUT2D eigenvalue weighted by molar-refractivity contribution is -0.197. The number of rotatable bonds is 1. The maximum Gasteiger partial charge on any atom is 0.312 e. The van der Waals surface area contributed by atoms with Crippen molar-refractivity contribution >= 4 is 17.4 Å². The van der Waals surface area contributed by atoms with Crippen molar-refractivity contribution < 1.29 is 19.8 Å². The summed E-state index contributed by atoms with van der Waals surface area (Å²) in [6.07, 6.45) is 3.41. The third-order valence-electron chi connectivity index (χ3n) is 9.13. The summed E-state index contributed by atoms with van der Waals surface area (Å²) in [7, 11) is 0. The highest BCUT2D eigenvalue weighted by Gasteiger charge is 2.68. The number of carbonyl (C=O) groups excluding carboxylic acids is 1. The zero-order valence-corrected chi connectivity index (χ0v) is 16.6. The Morgan fingerprint density at radius 3 is 2.64 bits per heavy atom. The molecular formula is C23H29NO4. The van der Waals surface area contributed by atoms with E-state index in [2.05, 4.69) is 30.4 Å². The Balaban J connectivity index is 1.67. The number of hydrogen-bond donors (Lipinski definition) is 3. The first-order chi connectivity index (χ1) is 13.2. The Kier molecular flexibility index (Phi) is 3.63. The number of carbonyl (C=O) groups is 2. The number of carboxylic acid groups (broad SMARTS) is 1. The van der Waals surface area contributed by atoms with Crippen LogP contribution in [0.25, 0.3) is 0 Å². The van der Waals surface area contributed by atoms with E-state index in [1.165, 1.54) is 5.56 Å². The molecule has 3 aliphatic carbocycles. The second kappa shape index (κ2) is 5.59. The molecule has 0 saturated heterocycles. The molecule has 3 saturated carbocycles. The average Bonchev–Trinajstić information content (AvgIpc) is 2.67. The molecule has 0 aromatic heterocycles. The van der Waals surface area contributed by atoms with Gasteiger partial charge in [-0.3, -0.25) is 9.59 Å². The molecule has 1 aromatic rings. The molecule has 1 spiro atoms. The smallest absolute Gasteiger partial charge is 0.312 e. The number of aliphatic hydroxyl groups is 1. The van der Waals surface area contributed by atoms with E-state index in [0.29, 0.717) is 12.8 Å². The number of carboxylic acids is 1. The Labute approximate surface area is 165 Å². The zero-order valence-electron chi connectivity index (χ0n) is 16.6. The molecule has 1 unspecified atom stereocenters. The number of hydrogen-bond acceptors (Lipinski definition) is 4. The van der Waals surface area contributed by atoms with E-state index in [1.54, 1.807) is 6.92 Å². The molecule has 5 rings (SSSR count). The monoisotopic (exact) mass is 383 g/mol. The van der Waals surface area contributed by atoms with Gasteiger partial charge in [-0.25, -0.2) is 0 Å². The second-order valence-electron chi connectivity index (χ2n) is 10.1. The van der Waals surface area contributed by atoms with Crippen LogP contribution in [0.3, 0.4) is 0 Å². The molecule has 1 aliphatic heterocycles. The first-order valence-corrected chi connectivity index (χ1v) is 10.5. The first-order valence-electron chi connectivity index (χ1n) is 10.5.